The number of carboxylic acid groups (broad SMARTS) is 1. The van der Waals surface area contributed by atoms with Crippen molar-refractivity contribution in [3.05, 3.63) is 0 Å². The quantitative estimate of drug-likeness (QED) is 0.645. The summed E-state index contributed by atoms with van der Waals surface area (Å²) in [5.74, 6) is -0.757. The van der Waals surface area contributed by atoms with Crippen LogP contribution in [0.4, 0.5) is 0 Å². The molecule has 0 aromatic heterocycles. The van der Waals surface area contributed by atoms with Crippen LogP contribution in [0, 0.1) is 17.3 Å². The highest BCUT2D eigenvalue weighted by atomic mass is 16.4. The molecule has 3 rings (SSSR count). The highest BCUT2D eigenvalue weighted by Crippen LogP contribution is 2.63. The molecular weight excluding hydrogens is 168 g/mol. The van der Waals surface area contributed by atoms with Crippen LogP contribution in [0.1, 0.15) is 33.1 Å². The van der Waals surface area contributed by atoms with Gasteiger partial charge in [-0.3, -0.25) is 4.79 Å². The van der Waals surface area contributed by atoms with Crippen LogP contribution in [0.2, 0.25) is 0 Å². The molecule has 0 spiro atoms. The fourth-order valence-corrected chi connectivity index (χ4v) is 3.06. The first-order valence-corrected chi connectivity index (χ1v) is 4.84. The second-order valence-corrected chi connectivity index (χ2v) is 5.05. The smallest absolute Gasteiger partial charge is 0.306 e. The van der Waals surface area contributed by atoms with E-state index in [0.717, 1.165) is 0 Å². The number of aliphatic carboxylic acids is 1. The molecule has 2 N–H and O–H groups in total. The number of carboxylic acids is 1. The summed E-state index contributed by atoms with van der Waals surface area (Å²) in [6.07, 6.45) is 1.96. The van der Waals surface area contributed by atoms with Gasteiger partial charge in [-0.25, -0.2) is 0 Å². The van der Waals surface area contributed by atoms with E-state index >= 15 is 0 Å². The number of hydrogen-bond acceptors (Lipinski definition) is 2. The summed E-state index contributed by atoms with van der Waals surface area (Å²) in [6.45, 7) is 3.96. The molecule has 0 aromatic rings. The molecule has 3 nitrogen and oxygen atoms in total. The molecule has 0 saturated heterocycles. The summed E-state index contributed by atoms with van der Waals surface area (Å²) in [5, 5.41) is 19.0. The number of aliphatic hydroxyl groups is 1. The van der Waals surface area contributed by atoms with Gasteiger partial charge < -0.3 is 10.2 Å². The lowest BCUT2D eigenvalue weighted by atomic mass is 9.43. The van der Waals surface area contributed by atoms with Crippen molar-refractivity contribution in [1.82, 2.24) is 0 Å². The normalized spacial score (nSPS) is 46.7. The van der Waals surface area contributed by atoms with Gasteiger partial charge in [0.2, 0.25) is 0 Å². The third-order valence-electron chi connectivity index (χ3n) is 4.36. The van der Waals surface area contributed by atoms with Gasteiger partial charge in [-0.1, -0.05) is 13.8 Å². The van der Waals surface area contributed by atoms with Crippen LogP contribution in [0.5, 0.6) is 0 Å². The lowest BCUT2D eigenvalue weighted by Crippen LogP contribution is -2.66. The Morgan fingerprint density at radius 3 is 2.46 bits per heavy atom. The number of hydrogen-bond donors (Lipinski definition) is 2. The average molecular weight is 184 g/mol. The molecule has 13 heavy (non-hydrogen) atoms. The molecule has 3 aliphatic rings. The van der Waals surface area contributed by atoms with E-state index in [2.05, 4.69) is 0 Å². The van der Waals surface area contributed by atoms with Gasteiger partial charge in [0.25, 0.3) is 0 Å². The Labute approximate surface area is 77.8 Å². The minimum Gasteiger partial charge on any atom is -0.481 e. The fourth-order valence-electron chi connectivity index (χ4n) is 3.06. The second kappa shape index (κ2) is 2.27. The summed E-state index contributed by atoms with van der Waals surface area (Å²) < 4.78 is 0. The molecule has 0 unspecified atom stereocenters. The first-order chi connectivity index (χ1) is 5.88. The largest absolute Gasteiger partial charge is 0.481 e. The van der Waals surface area contributed by atoms with Crippen LogP contribution in [0.3, 0.4) is 0 Å². The van der Waals surface area contributed by atoms with Gasteiger partial charge in [0.1, 0.15) is 0 Å². The standard InChI is InChI=1S/C10H16O3/c1-9(2)7-5-10(9,13)4-3-6(7)8(11)12/h6-7,13H,3-5H2,1-2H3,(H,11,12)/t6-,7-,10+/m1/s1. The summed E-state index contributed by atoms with van der Waals surface area (Å²) in [4.78, 5) is 10.9. The van der Waals surface area contributed by atoms with E-state index in [4.69, 9.17) is 5.11 Å². The van der Waals surface area contributed by atoms with Crippen molar-refractivity contribution in [2.45, 2.75) is 38.7 Å². The molecule has 3 aliphatic carbocycles. The average Bonchev–Trinajstić information content (AvgIpc) is 2.03. The molecule has 3 heteroatoms. The molecule has 0 radical (unpaired) electrons. The van der Waals surface area contributed by atoms with E-state index in [1.165, 1.54) is 0 Å². The highest BCUT2D eigenvalue weighted by molar-refractivity contribution is 5.71. The maximum Gasteiger partial charge on any atom is 0.306 e. The maximum absolute atomic E-state index is 10.9. The number of fused-ring (bicyclic) bond motifs is 2. The summed E-state index contributed by atoms with van der Waals surface area (Å²) in [5.41, 5.74) is -0.780. The third-order valence-corrected chi connectivity index (χ3v) is 4.36. The Morgan fingerprint density at radius 1 is 1.46 bits per heavy atom. The van der Waals surface area contributed by atoms with Gasteiger partial charge in [-0.2, -0.15) is 0 Å². The van der Waals surface area contributed by atoms with Crippen LogP contribution >= 0.6 is 0 Å². The van der Waals surface area contributed by atoms with Gasteiger partial charge in [0.15, 0.2) is 0 Å². The zero-order valence-corrected chi connectivity index (χ0v) is 8.08. The molecule has 0 aliphatic heterocycles. The molecular formula is C10H16O3. The Kier molecular flexibility index (Phi) is 1.57. The van der Waals surface area contributed by atoms with Gasteiger partial charge in [0.05, 0.1) is 11.5 Å². The van der Waals surface area contributed by atoms with Crippen molar-refractivity contribution in [2.24, 2.45) is 17.3 Å². The Morgan fingerprint density at radius 2 is 2.08 bits per heavy atom. The molecule has 2 bridgehead atoms. The predicted octanol–water partition coefficient (Wildman–Crippen LogP) is 1.26. The summed E-state index contributed by atoms with van der Waals surface area (Å²) in [6, 6.07) is 0. The van der Waals surface area contributed by atoms with Crippen molar-refractivity contribution in [3.8, 4) is 0 Å². The van der Waals surface area contributed by atoms with Crippen molar-refractivity contribution >= 4 is 5.97 Å². The van der Waals surface area contributed by atoms with Gasteiger partial charge in [-0.15, -0.1) is 0 Å². The van der Waals surface area contributed by atoms with Crippen LogP contribution in [-0.2, 0) is 4.79 Å². The molecule has 3 atom stereocenters. The topological polar surface area (TPSA) is 57.5 Å². The molecule has 3 fully saturated rings. The van der Waals surface area contributed by atoms with Crippen molar-refractivity contribution in [1.29, 1.82) is 0 Å². The monoisotopic (exact) mass is 184 g/mol. The van der Waals surface area contributed by atoms with E-state index in [1.807, 2.05) is 13.8 Å². The zero-order valence-electron chi connectivity index (χ0n) is 8.08. The predicted molar refractivity (Wildman–Crippen MR) is 47.2 cm³/mol. The molecule has 3 saturated carbocycles. The number of rotatable bonds is 1. The highest BCUT2D eigenvalue weighted by Gasteiger charge is 2.65. The van der Waals surface area contributed by atoms with Gasteiger partial charge in [-0.05, 0) is 30.6 Å². The van der Waals surface area contributed by atoms with Crippen LogP contribution in [-0.4, -0.2) is 21.8 Å². The fraction of sp³-hybridized carbons (Fsp3) is 0.900. The molecule has 74 valence electrons. The van der Waals surface area contributed by atoms with E-state index in [1.54, 1.807) is 0 Å². The lowest BCUT2D eigenvalue weighted by Gasteiger charge is -2.64. The van der Waals surface area contributed by atoms with Crippen LogP contribution in [0.25, 0.3) is 0 Å². The first kappa shape index (κ1) is 9.00. The Balaban J connectivity index is 2.23. The first-order valence-electron chi connectivity index (χ1n) is 4.84. The van der Waals surface area contributed by atoms with Crippen LogP contribution < -0.4 is 0 Å². The molecule has 0 heterocycles. The van der Waals surface area contributed by atoms with E-state index in [-0.39, 0.29) is 17.3 Å². The summed E-state index contributed by atoms with van der Waals surface area (Å²) in [7, 11) is 0. The van der Waals surface area contributed by atoms with E-state index in [0.29, 0.717) is 19.3 Å². The van der Waals surface area contributed by atoms with Crippen molar-refractivity contribution < 1.29 is 15.0 Å². The molecule has 0 aromatic carbocycles. The minimum atomic E-state index is -0.695. The van der Waals surface area contributed by atoms with E-state index < -0.39 is 11.6 Å². The Hall–Kier alpha value is -0.570. The Bertz CT molecular complexity index is 255. The lowest BCUT2D eigenvalue weighted by molar-refractivity contribution is -0.244. The minimum absolute atomic E-state index is 0.170. The molecule has 0 amide bonds. The van der Waals surface area contributed by atoms with Crippen molar-refractivity contribution in [3.63, 3.8) is 0 Å². The van der Waals surface area contributed by atoms with Gasteiger partial charge in [0, 0.05) is 0 Å². The summed E-state index contributed by atoms with van der Waals surface area (Å²) >= 11 is 0. The zero-order chi connectivity index (χ0) is 9.85. The van der Waals surface area contributed by atoms with Gasteiger partial charge >= 0.3 is 5.97 Å². The SMILES string of the molecule is CC1(C)[C@@H]2C[C@@]1(O)CC[C@H]2C(=O)O. The third kappa shape index (κ3) is 0.909. The maximum atomic E-state index is 10.9. The van der Waals surface area contributed by atoms with E-state index in [9.17, 15) is 9.90 Å². The van der Waals surface area contributed by atoms with Crippen LogP contribution in [0.15, 0.2) is 0 Å². The number of carbonyl (C=O) groups is 1. The second-order valence-electron chi connectivity index (χ2n) is 5.05. The van der Waals surface area contributed by atoms with Crippen molar-refractivity contribution in [2.75, 3.05) is 0 Å².